The summed E-state index contributed by atoms with van der Waals surface area (Å²) < 4.78 is 0. The first kappa shape index (κ1) is 22.3. The molecule has 11 heteroatoms. The summed E-state index contributed by atoms with van der Waals surface area (Å²) in [6.45, 7) is 0.832. The fourth-order valence-corrected chi connectivity index (χ4v) is 3.92. The zero-order valence-electron chi connectivity index (χ0n) is 17.6. The summed E-state index contributed by atoms with van der Waals surface area (Å²) in [5, 5.41) is 3.99. The molecule has 2 aromatic carbocycles. The second-order valence-corrected chi connectivity index (χ2v) is 8.12. The Labute approximate surface area is 194 Å². The second kappa shape index (κ2) is 9.29. The van der Waals surface area contributed by atoms with E-state index in [0.29, 0.717) is 35.1 Å². The van der Waals surface area contributed by atoms with Crippen molar-refractivity contribution >= 4 is 51.9 Å². The highest BCUT2D eigenvalue weighted by atomic mass is 35.5. The predicted octanol–water partition coefficient (Wildman–Crippen LogP) is 1.99. The minimum atomic E-state index is -0.998. The van der Waals surface area contributed by atoms with E-state index in [9.17, 15) is 14.4 Å². The lowest BCUT2D eigenvalue weighted by Gasteiger charge is -2.40. The van der Waals surface area contributed by atoms with E-state index >= 15 is 0 Å². The Hall–Kier alpha value is -3.92. The first-order valence-corrected chi connectivity index (χ1v) is 10.6. The highest BCUT2D eigenvalue weighted by molar-refractivity contribution is 6.30. The number of carbonyl (C=O) groups is 3. The van der Waals surface area contributed by atoms with Crippen LogP contribution in [-0.4, -0.2) is 56.7 Å². The third kappa shape index (κ3) is 4.96. The molecular formula is C22H22ClN7O3. The lowest BCUT2D eigenvalue weighted by Crippen LogP contribution is -2.60. The van der Waals surface area contributed by atoms with Gasteiger partial charge in [-0.3, -0.25) is 9.59 Å². The van der Waals surface area contributed by atoms with Gasteiger partial charge >= 0.3 is 6.03 Å². The van der Waals surface area contributed by atoms with Crippen LogP contribution in [0.15, 0.2) is 48.8 Å². The molecule has 4 amide bonds. The van der Waals surface area contributed by atoms with Gasteiger partial charge in [0.2, 0.25) is 11.8 Å². The van der Waals surface area contributed by atoms with Gasteiger partial charge in [-0.25, -0.2) is 14.8 Å². The van der Waals surface area contributed by atoms with Gasteiger partial charge in [0.25, 0.3) is 0 Å². The van der Waals surface area contributed by atoms with E-state index in [-0.39, 0.29) is 18.9 Å². The summed E-state index contributed by atoms with van der Waals surface area (Å²) in [5.74, 6) is -0.643. The average molecular weight is 468 g/mol. The normalized spacial score (nSPS) is 16.2. The number of fused-ring (bicyclic) bond motifs is 1. The van der Waals surface area contributed by atoms with E-state index in [0.717, 1.165) is 10.9 Å². The number of nitrogens with zero attached hydrogens (tertiary/aromatic N) is 4. The van der Waals surface area contributed by atoms with Crippen molar-refractivity contribution in [3.8, 4) is 0 Å². The van der Waals surface area contributed by atoms with E-state index in [1.165, 1.54) is 11.2 Å². The third-order valence-electron chi connectivity index (χ3n) is 5.44. The number of rotatable bonds is 5. The molecule has 1 atom stereocenters. The standard InChI is InChI=1S/C22H22ClN7O3/c23-14-2-4-15(5-3-14)28-22(33)30-8-7-29(21(32)18(30)10-19(24)31)11-13-1-6-16-17(9-13)26-12-27-20(16)25/h1-6,9,12,18H,7-8,10-11H2,(H2,24,31)(H,28,33)(H2,25,26,27)/t18-/m0/s1. The number of aromatic nitrogens is 2. The Kier molecular flexibility index (Phi) is 6.27. The van der Waals surface area contributed by atoms with Crippen LogP contribution in [0, 0.1) is 0 Å². The summed E-state index contributed by atoms with van der Waals surface area (Å²) >= 11 is 5.88. The number of anilines is 2. The van der Waals surface area contributed by atoms with Crippen molar-refractivity contribution in [3.63, 3.8) is 0 Å². The molecule has 1 aliphatic rings. The number of hydrogen-bond donors (Lipinski definition) is 3. The molecule has 0 aliphatic carbocycles. The number of benzene rings is 2. The van der Waals surface area contributed by atoms with Gasteiger partial charge in [0.15, 0.2) is 0 Å². The van der Waals surface area contributed by atoms with E-state index < -0.39 is 18.0 Å². The maximum absolute atomic E-state index is 13.2. The maximum Gasteiger partial charge on any atom is 0.322 e. The number of hydrogen-bond acceptors (Lipinski definition) is 6. The lowest BCUT2D eigenvalue weighted by atomic mass is 10.1. The van der Waals surface area contributed by atoms with Crippen molar-refractivity contribution < 1.29 is 14.4 Å². The van der Waals surface area contributed by atoms with Crippen LogP contribution in [0.3, 0.4) is 0 Å². The van der Waals surface area contributed by atoms with Crippen molar-refractivity contribution in [2.45, 2.75) is 19.0 Å². The summed E-state index contributed by atoms with van der Waals surface area (Å²) in [7, 11) is 0. The average Bonchev–Trinajstić information content (AvgIpc) is 2.78. The van der Waals surface area contributed by atoms with Gasteiger partial charge in [-0.05, 0) is 42.0 Å². The Balaban J connectivity index is 1.51. The molecule has 0 unspecified atom stereocenters. The largest absolute Gasteiger partial charge is 0.383 e. The molecule has 33 heavy (non-hydrogen) atoms. The Morgan fingerprint density at radius 3 is 2.61 bits per heavy atom. The number of amides is 4. The quantitative estimate of drug-likeness (QED) is 0.522. The molecule has 5 N–H and O–H groups in total. The Morgan fingerprint density at radius 1 is 1.12 bits per heavy atom. The summed E-state index contributed by atoms with van der Waals surface area (Å²) in [4.78, 5) is 48.9. The molecule has 1 aromatic heterocycles. The Bertz CT molecular complexity index is 1220. The Morgan fingerprint density at radius 2 is 1.88 bits per heavy atom. The second-order valence-electron chi connectivity index (χ2n) is 7.69. The zero-order chi connectivity index (χ0) is 23.5. The van der Waals surface area contributed by atoms with E-state index in [4.69, 9.17) is 23.1 Å². The van der Waals surface area contributed by atoms with Gasteiger partial charge < -0.3 is 26.6 Å². The minimum Gasteiger partial charge on any atom is -0.383 e. The molecule has 0 saturated carbocycles. The first-order chi connectivity index (χ1) is 15.8. The molecule has 2 heterocycles. The van der Waals surface area contributed by atoms with Gasteiger partial charge in [-0.2, -0.15) is 0 Å². The van der Waals surface area contributed by atoms with Crippen molar-refractivity contribution in [3.05, 3.63) is 59.4 Å². The summed E-state index contributed by atoms with van der Waals surface area (Å²) in [5.41, 5.74) is 13.3. The van der Waals surface area contributed by atoms with Gasteiger partial charge in [0.05, 0.1) is 11.9 Å². The van der Waals surface area contributed by atoms with E-state index in [1.54, 1.807) is 35.2 Å². The van der Waals surface area contributed by atoms with Crippen molar-refractivity contribution in [2.75, 3.05) is 24.1 Å². The van der Waals surface area contributed by atoms with Gasteiger partial charge in [0, 0.05) is 35.7 Å². The monoisotopic (exact) mass is 467 g/mol. The van der Waals surface area contributed by atoms with Crippen molar-refractivity contribution in [1.29, 1.82) is 0 Å². The highest BCUT2D eigenvalue weighted by Crippen LogP contribution is 2.22. The van der Waals surface area contributed by atoms with Crippen LogP contribution >= 0.6 is 11.6 Å². The van der Waals surface area contributed by atoms with Crippen molar-refractivity contribution in [2.24, 2.45) is 5.73 Å². The van der Waals surface area contributed by atoms with Gasteiger partial charge in [-0.15, -0.1) is 0 Å². The molecule has 1 saturated heterocycles. The van der Waals surface area contributed by atoms with Crippen LogP contribution in [0.5, 0.6) is 0 Å². The van der Waals surface area contributed by atoms with Crippen LogP contribution in [0.1, 0.15) is 12.0 Å². The smallest absolute Gasteiger partial charge is 0.322 e. The number of nitrogens with two attached hydrogens (primary N) is 2. The SMILES string of the molecule is NC(=O)C[C@H]1C(=O)N(Cc2ccc3c(N)ncnc3c2)CCN1C(=O)Nc1ccc(Cl)cc1. The molecular weight excluding hydrogens is 446 g/mol. The highest BCUT2D eigenvalue weighted by Gasteiger charge is 2.38. The fourth-order valence-electron chi connectivity index (χ4n) is 3.80. The molecule has 4 rings (SSSR count). The number of carbonyl (C=O) groups excluding carboxylic acids is 3. The molecule has 170 valence electrons. The van der Waals surface area contributed by atoms with Gasteiger partial charge in [-0.1, -0.05) is 17.7 Å². The number of nitrogen functional groups attached to an aromatic ring is 1. The molecule has 0 bridgehead atoms. The zero-order valence-corrected chi connectivity index (χ0v) is 18.3. The van der Waals surface area contributed by atoms with Crippen LogP contribution in [0.4, 0.5) is 16.3 Å². The summed E-state index contributed by atoms with van der Waals surface area (Å²) in [6, 6.07) is 10.6. The maximum atomic E-state index is 13.2. The van der Waals surface area contributed by atoms with E-state index in [2.05, 4.69) is 15.3 Å². The summed E-state index contributed by atoms with van der Waals surface area (Å²) in [6.07, 6.45) is 1.11. The number of nitrogens with one attached hydrogen (secondary N) is 1. The van der Waals surface area contributed by atoms with Gasteiger partial charge in [0.1, 0.15) is 18.2 Å². The fraction of sp³-hybridized carbons (Fsp3) is 0.227. The van der Waals surface area contributed by atoms with Crippen LogP contribution in [-0.2, 0) is 16.1 Å². The molecule has 10 nitrogen and oxygen atoms in total. The molecule has 0 radical (unpaired) electrons. The van der Waals surface area contributed by atoms with Crippen molar-refractivity contribution in [1.82, 2.24) is 19.8 Å². The molecule has 3 aromatic rings. The topological polar surface area (TPSA) is 148 Å². The minimum absolute atomic E-state index is 0.242. The predicted molar refractivity (Wildman–Crippen MR) is 124 cm³/mol. The van der Waals surface area contributed by atoms with Crippen LogP contribution in [0.25, 0.3) is 10.9 Å². The number of piperazine rings is 1. The first-order valence-electron chi connectivity index (χ1n) is 10.2. The van der Waals surface area contributed by atoms with Crippen LogP contribution in [0.2, 0.25) is 5.02 Å². The molecule has 1 fully saturated rings. The lowest BCUT2D eigenvalue weighted by molar-refractivity contribution is -0.142. The molecule has 1 aliphatic heterocycles. The third-order valence-corrected chi connectivity index (χ3v) is 5.69. The number of urea groups is 1. The number of primary amides is 1. The van der Waals surface area contributed by atoms with Crippen LogP contribution < -0.4 is 16.8 Å². The van der Waals surface area contributed by atoms with E-state index in [1.807, 2.05) is 12.1 Å². The molecule has 0 spiro atoms. The number of halogens is 1.